The van der Waals surface area contributed by atoms with E-state index in [-0.39, 0.29) is 10.8 Å². The number of halogens is 1. The van der Waals surface area contributed by atoms with Gasteiger partial charge < -0.3 is 5.32 Å². The van der Waals surface area contributed by atoms with Crippen LogP contribution in [0.15, 0.2) is 46.2 Å². The summed E-state index contributed by atoms with van der Waals surface area (Å²) in [4.78, 5) is 7.92. The zero-order valence-corrected chi connectivity index (χ0v) is 13.1. The van der Waals surface area contributed by atoms with Crippen molar-refractivity contribution in [3.63, 3.8) is 0 Å². The molecule has 0 aliphatic carbocycles. The molecule has 0 bridgehead atoms. The van der Waals surface area contributed by atoms with Gasteiger partial charge >= 0.3 is 0 Å². The minimum Gasteiger partial charge on any atom is -0.316 e. The van der Waals surface area contributed by atoms with Crippen LogP contribution in [0.2, 0.25) is 0 Å². The number of nitrogens with zero attached hydrogens (tertiary/aromatic N) is 2. The molecule has 0 unspecified atom stereocenters. The van der Waals surface area contributed by atoms with E-state index in [0.717, 1.165) is 10.0 Å². The van der Waals surface area contributed by atoms with E-state index in [1.54, 1.807) is 18.2 Å². The van der Waals surface area contributed by atoms with Crippen LogP contribution in [0.5, 0.6) is 0 Å². The maximum Gasteiger partial charge on any atom is 0.280 e. The molecular formula is C12H13BrN4O2S. The molecule has 0 atom stereocenters. The first-order valence-corrected chi connectivity index (χ1v) is 8.03. The van der Waals surface area contributed by atoms with E-state index in [9.17, 15) is 8.42 Å². The smallest absolute Gasteiger partial charge is 0.280 e. The molecule has 2 heterocycles. The fourth-order valence-corrected chi connectivity index (χ4v) is 2.68. The number of hydrogen-bond acceptors (Lipinski definition) is 5. The van der Waals surface area contributed by atoms with Gasteiger partial charge in [-0.3, -0.25) is 4.72 Å². The Balaban J connectivity index is 2.19. The first kappa shape index (κ1) is 14.9. The second-order valence-corrected chi connectivity index (χ2v) is 6.55. The second-order valence-electron chi connectivity index (χ2n) is 4.00. The third-order valence-electron chi connectivity index (χ3n) is 2.42. The summed E-state index contributed by atoms with van der Waals surface area (Å²) in [6.07, 6.45) is 3.04. The van der Waals surface area contributed by atoms with E-state index < -0.39 is 10.0 Å². The molecule has 0 saturated carbocycles. The largest absolute Gasteiger partial charge is 0.316 e. The lowest BCUT2D eigenvalue weighted by molar-refractivity contribution is 0.597. The third-order valence-corrected chi connectivity index (χ3v) is 4.16. The number of aromatic nitrogens is 2. The van der Waals surface area contributed by atoms with Crippen molar-refractivity contribution in [2.45, 2.75) is 11.6 Å². The molecular weight excluding hydrogens is 344 g/mol. The highest BCUT2D eigenvalue weighted by molar-refractivity contribution is 9.10. The van der Waals surface area contributed by atoms with Crippen molar-refractivity contribution in [1.29, 1.82) is 0 Å². The van der Waals surface area contributed by atoms with Gasteiger partial charge in [0.25, 0.3) is 10.0 Å². The highest BCUT2D eigenvalue weighted by Crippen LogP contribution is 2.15. The van der Waals surface area contributed by atoms with Crippen LogP contribution in [0.3, 0.4) is 0 Å². The number of rotatable bonds is 5. The Morgan fingerprint density at radius 2 is 1.95 bits per heavy atom. The van der Waals surface area contributed by atoms with E-state index in [1.807, 2.05) is 7.05 Å². The van der Waals surface area contributed by atoms with E-state index in [4.69, 9.17) is 0 Å². The van der Waals surface area contributed by atoms with Crippen molar-refractivity contribution in [3.05, 3.63) is 46.7 Å². The normalized spacial score (nSPS) is 11.3. The third kappa shape index (κ3) is 3.75. The van der Waals surface area contributed by atoms with Crippen LogP contribution in [0.1, 0.15) is 5.56 Å². The second kappa shape index (κ2) is 6.29. The highest BCUT2D eigenvalue weighted by Gasteiger charge is 2.16. The fraction of sp³-hybridized carbons (Fsp3) is 0.167. The van der Waals surface area contributed by atoms with Crippen molar-refractivity contribution in [3.8, 4) is 0 Å². The Bertz CT molecular complexity index is 672. The predicted molar refractivity (Wildman–Crippen MR) is 79.7 cm³/mol. The van der Waals surface area contributed by atoms with Gasteiger partial charge in [0, 0.05) is 23.4 Å². The van der Waals surface area contributed by atoms with Crippen molar-refractivity contribution >= 4 is 31.8 Å². The van der Waals surface area contributed by atoms with Gasteiger partial charge in [-0.25, -0.2) is 9.97 Å². The van der Waals surface area contributed by atoms with Crippen LogP contribution in [0.4, 0.5) is 5.82 Å². The zero-order valence-electron chi connectivity index (χ0n) is 10.7. The van der Waals surface area contributed by atoms with E-state index >= 15 is 0 Å². The lowest BCUT2D eigenvalue weighted by atomic mass is 10.3. The molecule has 2 aromatic rings. The SMILES string of the molecule is CNCc1ccc(S(=O)(=O)Nc2ccc(Br)cn2)nc1. The van der Waals surface area contributed by atoms with Gasteiger partial charge in [-0.05, 0) is 46.7 Å². The molecule has 0 radical (unpaired) electrons. The predicted octanol–water partition coefficient (Wildman–Crippen LogP) is 1.76. The Morgan fingerprint density at radius 1 is 1.15 bits per heavy atom. The van der Waals surface area contributed by atoms with E-state index in [1.165, 1.54) is 18.5 Å². The maximum atomic E-state index is 12.1. The monoisotopic (exact) mass is 356 g/mol. The number of sulfonamides is 1. The van der Waals surface area contributed by atoms with Crippen molar-refractivity contribution in [1.82, 2.24) is 15.3 Å². The van der Waals surface area contributed by atoms with Gasteiger partial charge in [0.15, 0.2) is 5.03 Å². The van der Waals surface area contributed by atoms with Crippen molar-refractivity contribution < 1.29 is 8.42 Å². The number of anilines is 1. The topological polar surface area (TPSA) is 84.0 Å². The molecule has 2 N–H and O–H groups in total. The lowest BCUT2D eigenvalue weighted by Crippen LogP contribution is -2.15. The summed E-state index contributed by atoms with van der Waals surface area (Å²) in [7, 11) is -1.91. The molecule has 0 fully saturated rings. The molecule has 0 aliphatic heterocycles. The highest BCUT2D eigenvalue weighted by atomic mass is 79.9. The van der Waals surface area contributed by atoms with Crippen LogP contribution in [-0.2, 0) is 16.6 Å². The Labute approximate surface area is 125 Å². The van der Waals surface area contributed by atoms with Gasteiger partial charge in [-0.1, -0.05) is 6.07 Å². The molecule has 0 amide bonds. The summed E-state index contributed by atoms with van der Waals surface area (Å²) in [6, 6.07) is 6.45. The summed E-state index contributed by atoms with van der Waals surface area (Å²) in [5.74, 6) is 0.245. The van der Waals surface area contributed by atoms with Gasteiger partial charge in [-0.15, -0.1) is 0 Å². The molecule has 2 rings (SSSR count). The lowest BCUT2D eigenvalue weighted by Gasteiger charge is -2.07. The molecule has 20 heavy (non-hydrogen) atoms. The number of hydrogen-bond donors (Lipinski definition) is 2. The summed E-state index contributed by atoms with van der Waals surface area (Å²) < 4.78 is 27.4. The zero-order chi connectivity index (χ0) is 14.6. The fourth-order valence-electron chi connectivity index (χ4n) is 1.50. The molecule has 0 aliphatic rings. The quantitative estimate of drug-likeness (QED) is 0.852. The average Bonchev–Trinajstić information content (AvgIpc) is 2.42. The first-order chi connectivity index (χ1) is 9.51. The Hall–Kier alpha value is -1.51. The molecule has 2 aromatic heterocycles. The van der Waals surface area contributed by atoms with Gasteiger partial charge in [0.1, 0.15) is 5.82 Å². The van der Waals surface area contributed by atoms with Crippen molar-refractivity contribution in [2.24, 2.45) is 0 Å². The van der Waals surface area contributed by atoms with Crippen LogP contribution in [0, 0.1) is 0 Å². The number of pyridine rings is 2. The summed E-state index contributed by atoms with van der Waals surface area (Å²) in [5, 5.41) is 2.93. The molecule has 0 aromatic carbocycles. The number of nitrogens with one attached hydrogen (secondary N) is 2. The average molecular weight is 357 g/mol. The summed E-state index contributed by atoms with van der Waals surface area (Å²) in [6.45, 7) is 0.634. The summed E-state index contributed by atoms with van der Waals surface area (Å²) >= 11 is 3.23. The van der Waals surface area contributed by atoms with Gasteiger partial charge in [0.05, 0.1) is 0 Å². The minimum atomic E-state index is -3.72. The van der Waals surface area contributed by atoms with Gasteiger partial charge in [0.2, 0.25) is 0 Å². The minimum absolute atomic E-state index is 0.0397. The van der Waals surface area contributed by atoms with Crippen LogP contribution < -0.4 is 10.0 Å². The molecule has 6 nitrogen and oxygen atoms in total. The maximum absolute atomic E-state index is 12.1. The van der Waals surface area contributed by atoms with Crippen LogP contribution in [0.25, 0.3) is 0 Å². The molecule has 8 heteroatoms. The first-order valence-electron chi connectivity index (χ1n) is 5.75. The standard InChI is InChI=1S/C12H13BrN4O2S/c1-14-6-9-2-5-12(16-7-9)20(18,19)17-11-4-3-10(13)8-15-11/h2-5,7-8,14H,6H2,1H3,(H,15,17). The van der Waals surface area contributed by atoms with Crippen LogP contribution >= 0.6 is 15.9 Å². The molecule has 106 valence electrons. The van der Waals surface area contributed by atoms with Crippen molar-refractivity contribution in [2.75, 3.05) is 11.8 Å². The van der Waals surface area contributed by atoms with E-state index in [2.05, 4.69) is 35.9 Å². The Morgan fingerprint density at radius 3 is 2.50 bits per heavy atom. The van der Waals surface area contributed by atoms with Crippen LogP contribution in [-0.4, -0.2) is 25.4 Å². The van der Waals surface area contributed by atoms with E-state index in [0.29, 0.717) is 6.54 Å². The molecule has 0 saturated heterocycles. The summed E-state index contributed by atoms with van der Waals surface area (Å²) in [5.41, 5.74) is 0.910. The van der Waals surface area contributed by atoms with Gasteiger partial charge in [-0.2, -0.15) is 8.42 Å². The Kier molecular flexibility index (Phi) is 4.69. The molecule has 0 spiro atoms.